The highest BCUT2D eigenvalue weighted by Gasteiger charge is 2.20. The Balaban J connectivity index is 0.00000132. The predicted octanol–water partition coefficient (Wildman–Crippen LogP) is 4.10. The molecule has 1 aliphatic carbocycles. The van der Waals surface area contributed by atoms with E-state index in [1.807, 2.05) is 0 Å². The Kier molecular flexibility index (Phi) is 7.88. The zero-order chi connectivity index (χ0) is 14.8. The van der Waals surface area contributed by atoms with Gasteiger partial charge in [-0.05, 0) is 75.4 Å². The summed E-state index contributed by atoms with van der Waals surface area (Å²) < 4.78 is 0. The summed E-state index contributed by atoms with van der Waals surface area (Å²) in [7, 11) is 4.26. The molecule has 0 radical (unpaired) electrons. The smallest absolute Gasteiger partial charge is 0.0456 e. The van der Waals surface area contributed by atoms with Crippen LogP contribution in [0.2, 0.25) is 0 Å². The first-order chi connectivity index (χ1) is 10.1. The lowest BCUT2D eigenvalue weighted by Gasteiger charge is -2.26. The number of fused-ring (bicyclic) bond motifs is 1. The number of hydrogen-bond donors (Lipinski definition) is 2. The van der Waals surface area contributed by atoms with Crippen molar-refractivity contribution in [1.82, 2.24) is 9.88 Å². The average molecular weight is 358 g/mol. The van der Waals surface area contributed by atoms with E-state index in [1.165, 1.54) is 47.7 Å². The minimum absolute atomic E-state index is 0. The molecular weight excluding hydrogens is 329 g/mol. The number of hydrogen-bond acceptors (Lipinski definition) is 2. The zero-order valence-electron chi connectivity index (χ0n) is 14.0. The maximum absolute atomic E-state index is 6.03. The molecule has 130 valence electrons. The van der Waals surface area contributed by atoms with Crippen molar-refractivity contribution >= 4 is 35.7 Å². The lowest BCUT2D eigenvalue weighted by Crippen LogP contribution is -2.25. The normalized spacial score (nSPS) is 21.0. The standard InChI is InChI=1S/C18H27N3.2ClH/c1-21(2)10-9-15-12-20-18-8-5-14(11-17(15)18)13-3-6-16(19)7-4-13;;/h5,8,11-13,16,20H,3-4,6-7,9-10,19H2,1-2H3;2*1H. The lowest BCUT2D eigenvalue weighted by atomic mass is 9.81. The van der Waals surface area contributed by atoms with Gasteiger partial charge in [-0.3, -0.25) is 0 Å². The number of nitrogens with one attached hydrogen (secondary N) is 1. The molecule has 1 saturated carbocycles. The molecule has 1 aromatic heterocycles. The van der Waals surface area contributed by atoms with E-state index in [0.717, 1.165) is 13.0 Å². The number of rotatable bonds is 4. The number of aromatic nitrogens is 1. The summed E-state index contributed by atoms with van der Waals surface area (Å²) in [5.74, 6) is 0.700. The van der Waals surface area contributed by atoms with Crippen LogP contribution in [-0.4, -0.2) is 36.6 Å². The lowest BCUT2D eigenvalue weighted by molar-refractivity contribution is 0.396. The quantitative estimate of drug-likeness (QED) is 0.864. The van der Waals surface area contributed by atoms with Gasteiger partial charge in [-0.2, -0.15) is 0 Å². The minimum Gasteiger partial charge on any atom is -0.361 e. The van der Waals surface area contributed by atoms with Crippen molar-refractivity contribution < 1.29 is 0 Å². The van der Waals surface area contributed by atoms with Gasteiger partial charge >= 0.3 is 0 Å². The second-order valence-corrected chi connectivity index (χ2v) is 6.78. The molecule has 3 N–H and O–H groups in total. The van der Waals surface area contributed by atoms with E-state index in [0.29, 0.717) is 12.0 Å². The van der Waals surface area contributed by atoms with Gasteiger partial charge in [-0.25, -0.2) is 0 Å². The molecule has 3 nitrogen and oxygen atoms in total. The average Bonchev–Trinajstić information content (AvgIpc) is 2.88. The van der Waals surface area contributed by atoms with Crippen molar-refractivity contribution in [2.45, 2.75) is 44.1 Å². The summed E-state index contributed by atoms with van der Waals surface area (Å²) in [6.45, 7) is 1.09. The van der Waals surface area contributed by atoms with Gasteiger partial charge in [-0.15, -0.1) is 24.8 Å². The number of aromatic amines is 1. The molecule has 3 rings (SSSR count). The fourth-order valence-corrected chi connectivity index (χ4v) is 3.45. The summed E-state index contributed by atoms with van der Waals surface area (Å²) in [5.41, 5.74) is 10.2. The molecular formula is C18H29Cl2N3. The molecule has 0 spiro atoms. The minimum atomic E-state index is 0. The largest absolute Gasteiger partial charge is 0.361 e. The molecule has 0 bridgehead atoms. The van der Waals surface area contributed by atoms with Crippen LogP contribution in [0.5, 0.6) is 0 Å². The number of H-pyrrole nitrogens is 1. The van der Waals surface area contributed by atoms with E-state index >= 15 is 0 Å². The number of nitrogens with zero attached hydrogens (tertiary/aromatic N) is 1. The first-order valence-corrected chi connectivity index (χ1v) is 8.13. The summed E-state index contributed by atoms with van der Waals surface area (Å²) in [6, 6.07) is 7.39. The summed E-state index contributed by atoms with van der Waals surface area (Å²) >= 11 is 0. The van der Waals surface area contributed by atoms with E-state index in [2.05, 4.69) is 48.4 Å². The van der Waals surface area contributed by atoms with Crippen molar-refractivity contribution in [1.29, 1.82) is 0 Å². The van der Waals surface area contributed by atoms with Crippen LogP contribution in [0.1, 0.15) is 42.7 Å². The van der Waals surface area contributed by atoms with Crippen molar-refractivity contribution in [3.05, 3.63) is 35.5 Å². The van der Waals surface area contributed by atoms with Crippen molar-refractivity contribution in [3.8, 4) is 0 Å². The van der Waals surface area contributed by atoms with Crippen LogP contribution in [0, 0.1) is 0 Å². The summed E-state index contributed by atoms with van der Waals surface area (Å²) in [4.78, 5) is 5.65. The van der Waals surface area contributed by atoms with Gasteiger partial charge in [0.25, 0.3) is 0 Å². The Morgan fingerprint density at radius 3 is 2.48 bits per heavy atom. The molecule has 0 atom stereocenters. The van der Waals surface area contributed by atoms with Crippen molar-refractivity contribution in [2.24, 2.45) is 5.73 Å². The first kappa shape index (κ1) is 20.3. The van der Waals surface area contributed by atoms with Gasteiger partial charge in [0.2, 0.25) is 0 Å². The van der Waals surface area contributed by atoms with Gasteiger partial charge in [0, 0.05) is 29.7 Å². The molecule has 0 aliphatic heterocycles. The van der Waals surface area contributed by atoms with Crippen LogP contribution < -0.4 is 5.73 Å². The topological polar surface area (TPSA) is 45.0 Å². The summed E-state index contributed by atoms with van der Waals surface area (Å²) in [6.07, 6.45) is 8.10. The Labute approximate surface area is 151 Å². The highest BCUT2D eigenvalue weighted by Crippen LogP contribution is 2.34. The number of benzene rings is 1. The van der Waals surface area contributed by atoms with Gasteiger partial charge in [-0.1, -0.05) is 6.07 Å². The molecule has 5 heteroatoms. The van der Waals surface area contributed by atoms with Gasteiger partial charge in [0.1, 0.15) is 0 Å². The number of halogens is 2. The molecule has 0 saturated heterocycles. The fraction of sp³-hybridized carbons (Fsp3) is 0.556. The Morgan fingerprint density at radius 1 is 1.13 bits per heavy atom. The van der Waals surface area contributed by atoms with E-state index in [9.17, 15) is 0 Å². The van der Waals surface area contributed by atoms with Crippen molar-refractivity contribution in [2.75, 3.05) is 20.6 Å². The van der Waals surface area contributed by atoms with Crippen LogP contribution in [0.4, 0.5) is 0 Å². The number of likely N-dealkylation sites (N-methyl/N-ethyl adjacent to an activating group) is 1. The number of nitrogens with two attached hydrogens (primary N) is 1. The fourth-order valence-electron chi connectivity index (χ4n) is 3.45. The highest BCUT2D eigenvalue weighted by molar-refractivity contribution is 5.85. The third-order valence-corrected chi connectivity index (χ3v) is 4.86. The first-order valence-electron chi connectivity index (χ1n) is 8.13. The van der Waals surface area contributed by atoms with E-state index < -0.39 is 0 Å². The Bertz CT molecular complexity index is 601. The maximum atomic E-state index is 6.03. The van der Waals surface area contributed by atoms with E-state index in [1.54, 1.807) is 0 Å². The second-order valence-electron chi connectivity index (χ2n) is 6.78. The molecule has 0 amide bonds. The molecule has 1 fully saturated rings. The van der Waals surface area contributed by atoms with Gasteiger partial charge in [0.15, 0.2) is 0 Å². The van der Waals surface area contributed by atoms with Crippen LogP contribution in [0.25, 0.3) is 10.9 Å². The molecule has 1 aromatic carbocycles. The maximum Gasteiger partial charge on any atom is 0.0456 e. The predicted molar refractivity (Wildman–Crippen MR) is 104 cm³/mol. The highest BCUT2D eigenvalue weighted by atomic mass is 35.5. The molecule has 0 unspecified atom stereocenters. The summed E-state index contributed by atoms with van der Waals surface area (Å²) in [5, 5.41) is 1.41. The van der Waals surface area contributed by atoms with E-state index in [4.69, 9.17) is 5.73 Å². The Morgan fingerprint density at radius 2 is 1.83 bits per heavy atom. The van der Waals surface area contributed by atoms with Crippen LogP contribution in [-0.2, 0) is 6.42 Å². The monoisotopic (exact) mass is 357 g/mol. The Hall–Kier alpha value is -0.740. The SMILES string of the molecule is CN(C)CCc1c[nH]c2ccc(C3CCC(N)CC3)cc12.Cl.Cl. The molecule has 1 aliphatic rings. The van der Waals surface area contributed by atoms with Crippen LogP contribution in [0.3, 0.4) is 0 Å². The van der Waals surface area contributed by atoms with Crippen LogP contribution >= 0.6 is 24.8 Å². The molecule has 1 heterocycles. The van der Waals surface area contributed by atoms with Crippen LogP contribution in [0.15, 0.2) is 24.4 Å². The second kappa shape index (κ2) is 8.93. The van der Waals surface area contributed by atoms with Gasteiger partial charge < -0.3 is 15.6 Å². The van der Waals surface area contributed by atoms with Gasteiger partial charge in [0.05, 0.1) is 0 Å². The third kappa shape index (κ3) is 4.87. The van der Waals surface area contributed by atoms with E-state index in [-0.39, 0.29) is 24.8 Å². The molecule has 2 aromatic rings. The molecule has 23 heavy (non-hydrogen) atoms. The zero-order valence-corrected chi connectivity index (χ0v) is 15.7. The van der Waals surface area contributed by atoms with Crippen molar-refractivity contribution in [3.63, 3.8) is 0 Å². The third-order valence-electron chi connectivity index (χ3n) is 4.86.